The van der Waals surface area contributed by atoms with Crippen LogP contribution >= 0.6 is 0 Å². The number of nitrogens with zero attached hydrogens (tertiary/aromatic N) is 1. The SMILES string of the molecule is NNc1nc(N)cc(OCc2ccccc2OCc2ccccc2)c1N. The van der Waals surface area contributed by atoms with Crippen LogP contribution in [0.5, 0.6) is 11.5 Å². The second-order valence-electron chi connectivity index (χ2n) is 5.62. The molecule has 3 aromatic rings. The molecule has 7 N–H and O–H groups in total. The van der Waals surface area contributed by atoms with Crippen LogP contribution in [0.15, 0.2) is 60.7 Å². The van der Waals surface area contributed by atoms with E-state index < -0.39 is 0 Å². The number of rotatable bonds is 7. The summed E-state index contributed by atoms with van der Waals surface area (Å²) in [6, 6.07) is 19.2. The van der Waals surface area contributed by atoms with E-state index in [0.29, 0.717) is 18.0 Å². The molecule has 0 spiro atoms. The molecule has 2 aromatic carbocycles. The smallest absolute Gasteiger partial charge is 0.169 e. The van der Waals surface area contributed by atoms with Crippen LogP contribution in [0.2, 0.25) is 0 Å². The number of anilines is 3. The molecule has 7 heteroatoms. The fourth-order valence-corrected chi connectivity index (χ4v) is 2.43. The van der Waals surface area contributed by atoms with Gasteiger partial charge in [0, 0.05) is 11.6 Å². The van der Waals surface area contributed by atoms with Crippen LogP contribution < -0.4 is 32.2 Å². The third-order valence-corrected chi connectivity index (χ3v) is 3.77. The number of hydrogen-bond acceptors (Lipinski definition) is 7. The zero-order valence-electron chi connectivity index (χ0n) is 14.2. The van der Waals surface area contributed by atoms with Crippen LogP contribution in [0, 0.1) is 0 Å². The minimum absolute atomic E-state index is 0.260. The normalized spacial score (nSPS) is 10.3. The largest absolute Gasteiger partial charge is 0.488 e. The fraction of sp³-hybridized carbons (Fsp3) is 0.105. The first-order valence-electron chi connectivity index (χ1n) is 8.07. The maximum Gasteiger partial charge on any atom is 0.169 e. The maximum atomic E-state index is 5.98. The monoisotopic (exact) mass is 351 g/mol. The number of para-hydroxylation sites is 1. The molecule has 0 radical (unpaired) electrons. The quantitative estimate of drug-likeness (QED) is 0.381. The van der Waals surface area contributed by atoms with E-state index in [4.69, 9.17) is 26.8 Å². The van der Waals surface area contributed by atoms with Gasteiger partial charge in [-0.3, -0.25) is 0 Å². The molecule has 0 saturated carbocycles. The van der Waals surface area contributed by atoms with Crippen molar-refractivity contribution in [2.24, 2.45) is 5.84 Å². The fourth-order valence-electron chi connectivity index (χ4n) is 2.43. The molecule has 0 aliphatic heterocycles. The summed E-state index contributed by atoms with van der Waals surface area (Å²) < 4.78 is 11.7. The number of hydrogen-bond donors (Lipinski definition) is 4. The van der Waals surface area contributed by atoms with Gasteiger partial charge in [-0.25, -0.2) is 10.8 Å². The summed E-state index contributed by atoms with van der Waals surface area (Å²) in [7, 11) is 0. The predicted octanol–water partition coefficient (Wildman–Crippen LogP) is 2.69. The van der Waals surface area contributed by atoms with E-state index in [1.54, 1.807) is 6.07 Å². The van der Waals surface area contributed by atoms with Crippen LogP contribution in [-0.4, -0.2) is 4.98 Å². The van der Waals surface area contributed by atoms with Crippen molar-refractivity contribution in [1.29, 1.82) is 0 Å². The highest BCUT2D eigenvalue weighted by molar-refractivity contribution is 5.71. The highest BCUT2D eigenvalue weighted by Gasteiger charge is 2.11. The average Bonchev–Trinajstić information content (AvgIpc) is 2.68. The molecule has 3 rings (SSSR count). The Hall–Kier alpha value is -3.45. The number of nitrogens with two attached hydrogens (primary N) is 3. The van der Waals surface area contributed by atoms with Gasteiger partial charge in [0.2, 0.25) is 0 Å². The molecular weight excluding hydrogens is 330 g/mol. The van der Waals surface area contributed by atoms with Gasteiger partial charge in [-0.15, -0.1) is 0 Å². The second-order valence-corrected chi connectivity index (χ2v) is 5.62. The van der Waals surface area contributed by atoms with Crippen molar-refractivity contribution >= 4 is 17.3 Å². The zero-order chi connectivity index (χ0) is 18.4. The Labute approximate surface area is 151 Å². The van der Waals surface area contributed by atoms with E-state index in [1.165, 1.54) is 0 Å². The summed E-state index contributed by atoms with van der Waals surface area (Å²) >= 11 is 0. The lowest BCUT2D eigenvalue weighted by Crippen LogP contribution is -2.13. The summed E-state index contributed by atoms with van der Waals surface area (Å²) in [5.41, 5.74) is 16.4. The third kappa shape index (κ3) is 4.14. The standard InChI is InChI=1S/C19H21N5O2/c20-17-10-16(18(21)19(23-17)24-22)26-12-14-8-4-5-9-15(14)25-11-13-6-2-1-3-7-13/h1-10H,11-12,21-22H2,(H3,20,23,24). The number of nitrogen functional groups attached to an aromatic ring is 3. The van der Waals surface area contributed by atoms with E-state index >= 15 is 0 Å². The second kappa shape index (κ2) is 8.09. The van der Waals surface area contributed by atoms with Gasteiger partial charge in [0.1, 0.15) is 36.2 Å². The van der Waals surface area contributed by atoms with E-state index in [9.17, 15) is 0 Å². The Morgan fingerprint density at radius 3 is 2.31 bits per heavy atom. The molecule has 1 heterocycles. The van der Waals surface area contributed by atoms with E-state index in [-0.39, 0.29) is 18.2 Å². The third-order valence-electron chi connectivity index (χ3n) is 3.77. The molecular formula is C19H21N5O2. The summed E-state index contributed by atoms with van der Waals surface area (Å²) in [6.45, 7) is 0.742. The van der Waals surface area contributed by atoms with Crippen molar-refractivity contribution in [2.45, 2.75) is 13.2 Å². The topological polar surface area (TPSA) is 121 Å². The lowest BCUT2D eigenvalue weighted by atomic mass is 10.2. The van der Waals surface area contributed by atoms with E-state index in [0.717, 1.165) is 16.9 Å². The number of ether oxygens (including phenoxy) is 2. The van der Waals surface area contributed by atoms with Crippen LogP contribution in [0.3, 0.4) is 0 Å². The number of pyridine rings is 1. The molecule has 0 atom stereocenters. The molecule has 0 bridgehead atoms. The lowest BCUT2D eigenvalue weighted by molar-refractivity contribution is 0.274. The van der Waals surface area contributed by atoms with Gasteiger partial charge < -0.3 is 26.4 Å². The van der Waals surface area contributed by atoms with E-state index in [1.807, 2.05) is 54.6 Å². The maximum absolute atomic E-state index is 5.98. The van der Waals surface area contributed by atoms with Gasteiger partial charge in [-0.2, -0.15) is 0 Å². The van der Waals surface area contributed by atoms with Crippen molar-refractivity contribution in [3.05, 3.63) is 71.8 Å². The minimum atomic E-state index is 0.260. The molecule has 0 amide bonds. The highest BCUT2D eigenvalue weighted by atomic mass is 16.5. The number of benzene rings is 2. The molecule has 0 saturated heterocycles. The van der Waals surface area contributed by atoms with Gasteiger partial charge in [0.15, 0.2) is 5.82 Å². The summed E-state index contributed by atoms with van der Waals surface area (Å²) in [4.78, 5) is 4.00. The number of aromatic nitrogens is 1. The van der Waals surface area contributed by atoms with Crippen molar-refractivity contribution in [3.63, 3.8) is 0 Å². The van der Waals surface area contributed by atoms with Crippen molar-refractivity contribution in [3.8, 4) is 11.5 Å². The van der Waals surface area contributed by atoms with Crippen LogP contribution in [-0.2, 0) is 13.2 Å². The van der Waals surface area contributed by atoms with Gasteiger partial charge >= 0.3 is 0 Å². The average molecular weight is 351 g/mol. The lowest BCUT2D eigenvalue weighted by Gasteiger charge is -2.15. The molecule has 26 heavy (non-hydrogen) atoms. The van der Waals surface area contributed by atoms with Crippen LogP contribution in [0.4, 0.5) is 17.3 Å². The Morgan fingerprint density at radius 1 is 0.846 bits per heavy atom. The molecule has 134 valence electrons. The molecule has 0 fully saturated rings. The minimum Gasteiger partial charge on any atom is -0.488 e. The van der Waals surface area contributed by atoms with E-state index in [2.05, 4.69) is 10.4 Å². The number of nitrogens with one attached hydrogen (secondary N) is 1. The van der Waals surface area contributed by atoms with Gasteiger partial charge in [-0.05, 0) is 11.6 Å². The Balaban J connectivity index is 1.72. The van der Waals surface area contributed by atoms with Gasteiger partial charge in [-0.1, -0.05) is 48.5 Å². The van der Waals surface area contributed by atoms with Gasteiger partial charge in [0.05, 0.1) is 0 Å². The first-order chi connectivity index (χ1) is 12.7. The number of hydrazine groups is 1. The summed E-state index contributed by atoms with van der Waals surface area (Å²) in [5.74, 6) is 7.07. The molecule has 1 aromatic heterocycles. The summed E-state index contributed by atoms with van der Waals surface area (Å²) in [6.07, 6.45) is 0. The van der Waals surface area contributed by atoms with Crippen molar-refractivity contribution in [1.82, 2.24) is 4.98 Å². The first kappa shape index (κ1) is 17.4. The van der Waals surface area contributed by atoms with Crippen LogP contribution in [0.25, 0.3) is 0 Å². The van der Waals surface area contributed by atoms with Crippen LogP contribution in [0.1, 0.15) is 11.1 Å². The van der Waals surface area contributed by atoms with Crippen molar-refractivity contribution in [2.75, 3.05) is 16.9 Å². The zero-order valence-corrected chi connectivity index (χ0v) is 14.2. The molecule has 0 unspecified atom stereocenters. The Morgan fingerprint density at radius 2 is 1.54 bits per heavy atom. The van der Waals surface area contributed by atoms with Crippen molar-refractivity contribution < 1.29 is 9.47 Å². The molecule has 0 aliphatic rings. The summed E-state index contributed by atoms with van der Waals surface area (Å²) in [5, 5.41) is 0. The van der Waals surface area contributed by atoms with Gasteiger partial charge in [0.25, 0.3) is 0 Å². The highest BCUT2D eigenvalue weighted by Crippen LogP contribution is 2.31. The predicted molar refractivity (Wildman–Crippen MR) is 102 cm³/mol. The Bertz CT molecular complexity index is 871. The molecule has 0 aliphatic carbocycles. The molecule has 7 nitrogen and oxygen atoms in total. The first-order valence-corrected chi connectivity index (χ1v) is 8.07. The Kier molecular flexibility index (Phi) is 5.40.